The molecular weight excluding hydrogens is 342 g/mol. The number of rotatable bonds is 3. The molecule has 0 bridgehead atoms. The second-order valence-electron chi connectivity index (χ2n) is 6.84. The number of aromatic nitrogens is 3. The van der Waals surface area contributed by atoms with Crippen molar-refractivity contribution in [3.63, 3.8) is 0 Å². The van der Waals surface area contributed by atoms with E-state index in [9.17, 15) is 0 Å². The standard InChI is InChI=1S/C25H19N3/c1-18-24(22-10-6-3-7-11-22)25-26-17-16-23(28(25)27-18)21-14-12-20(13-15-21)19-8-4-2-5-9-19/h2-17H,1H3. The molecule has 0 fully saturated rings. The quantitative estimate of drug-likeness (QED) is 0.392. The molecule has 3 aromatic carbocycles. The lowest BCUT2D eigenvalue weighted by atomic mass is 10.0. The molecule has 0 unspecified atom stereocenters. The van der Waals surface area contributed by atoms with Crippen LogP contribution in [0.2, 0.25) is 0 Å². The van der Waals surface area contributed by atoms with E-state index in [2.05, 4.69) is 65.6 Å². The number of hydrogen-bond acceptors (Lipinski definition) is 2. The first-order chi connectivity index (χ1) is 13.8. The Morgan fingerprint density at radius 3 is 1.86 bits per heavy atom. The van der Waals surface area contributed by atoms with Gasteiger partial charge < -0.3 is 0 Å². The summed E-state index contributed by atoms with van der Waals surface area (Å²) in [7, 11) is 0. The van der Waals surface area contributed by atoms with Gasteiger partial charge in [-0.05, 0) is 29.7 Å². The zero-order valence-corrected chi connectivity index (χ0v) is 15.6. The third-order valence-electron chi connectivity index (χ3n) is 5.04. The molecule has 0 amide bonds. The topological polar surface area (TPSA) is 30.2 Å². The average Bonchev–Trinajstić information content (AvgIpc) is 3.11. The number of fused-ring (bicyclic) bond motifs is 1. The molecule has 0 spiro atoms. The van der Waals surface area contributed by atoms with Gasteiger partial charge in [0.2, 0.25) is 0 Å². The highest BCUT2D eigenvalue weighted by atomic mass is 15.3. The minimum atomic E-state index is 0.883. The third kappa shape index (κ3) is 2.78. The van der Waals surface area contributed by atoms with E-state index in [0.29, 0.717) is 0 Å². The lowest BCUT2D eigenvalue weighted by Gasteiger charge is -2.07. The molecule has 0 radical (unpaired) electrons. The van der Waals surface area contributed by atoms with Crippen molar-refractivity contribution in [3.05, 3.63) is 103 Å². The van der Waals surface area contributed by atoms with Gasteiger partial charge in [-0.25, -0.2) is 9.50 Å². The van der Waals surface area contributed by atoms with Crippen LogP contribution < -0.4 is 0 Å². The van der Waals surface area contributed by atoms with Crippen molar-refractivity contribution in [3.8, 4) is 33.5 Å². The first-order valence-electron chi connectivity index (χ1n) is 9.37. The molecule has 3 nitrogen and oxygen atoms in total. The summed E-state index contributed by atoms with van der Waals surface area (Å²) in [6.45, 7) is 2.04. The molecule has 28 heavy (non-hydrogen) atoms. The molecule has 0 saturated heterocycles. The van der Waals surface area contributed by atoms with Crippen LogP contribution in [0.15, 0.2) is 97.2 Å². The molecule has 2 aromatic heterocycles. The fraction of sp³-hybridized carbons (Fsp3) is 0.0400. The normalized spacial score (nSPS) is 11.0. The van der Waals surface area contributed by atoms with E-state index in [1.807, 2.05) is 48.0 Å². The summed E-state index contributed by atoms with van der Waals surface area (Å²) in [4.78, 5) is 4.63. The Bertz CT molecular complexity index is 1240. The molecule has 0 saturated carbocycles. The summed E-state index contributed by atoms with van der Waals surface area (Å²) in [5.74, 6) is 0. The summed E-state index contributed by atoms with van der Waals surface area (Å²) in [6, 6.07) is 31.4. The van der Waals surface area contributed by atoms with Crippen molar-refractivity contribution in [2.75, 3.05) is 0 Å². The van der Waals surface area contributed by atoms with Gasteiger partial charge >= 0.3 is 0 Å². The van der Waals surface area contributed by atoms with Gasteiger partial charge in [-0.3, -0.25) is 0 Å². The van der Waals surface area contributed by atoms with Crippen LogP contribution in [0.3, 0.4) is 0 Å². The van der Waals surface area contributed by atoms with Gasteiger partial charge in [-0.2, -0.15) is 5.10 Å². The van der Waals surface area contributed by atoms with Crippen LogP contribution in [0.1, 0.15) is 5.69 Å². The molecule has 134 valence electrons. The van der Waals surface area contributed by atoms with E-state index in [4.69, 9.17) is 5.10 Å². The summed E-state index contributed by atoms with van der Waals surface area (Å²) < 4.78 is 1.95. The second-order valence-corrected chi connectivity index (χ2v) is 6.84. The molecule has 0 atom stereocenters. The number of nitrogens with zero attached hydrogens (tertiary/aromatic N) is 3. The van der Waals surface area contributed by atoms with Crippen molar-refractivity contribution in [1.29, 1.82) is 0 Å². The summed E-state index contributed by atoms with van der Waals surface area (Å²) in [5.41, 5.74) is 8.67. The van der Waals surface area contributed by atoms with Gasteiger partial charge in [0.15, 0.2) is 5.65 Å². The zero-order valence-electron chi connectivity index (χ0n) is 15.6. The Labute approximate surface area is 163 Å². The highest BCUT2D eigenvalue weighted by Gasteiger charge is 2.15. The summed E-state index contributed by atoms with van der Waals surface area (Å²) in [5, 5.41) is 4.80. The van der Waals surface area contributed by atoms with Crippen molar-refractivity contribution < 1.29 is 0 Å². The van der Waals surface area contributed by atoms with Gasteiger partial charge in [0, 0.05) is 17.3 Å². The van der Waals surface area contributed by atoms with Crippen molar-refractivity contribution in [2.24, 2.45) is 0 Å². The van der Waals surface area contributed by atoms with Crippen LogP contribution in [0.4, 0.5) is 0 Å². The highest BCUT2D eigenvalue weighted by Crippen LogP contribution is 2.30. The minimum absolute atomic E-state index is 0.883. The Morgan fingerprint density at radius 1 is 0.607 bits per heavy atom. The SMILES string of the molecule is Cc1nn2c(-c3ccc(-c4ccccc4)cc3)ccnc2c1-c1ccccc1. The maximum absolute atomic E-state index is 4.80. The van der Waals surface area contributed by atoms with E-state index in [1.165, 1.54) is 11.1 Å². The Kier molecular flexibility index (Phi) is 3.99. The zero-order chi connectivity index (χ0) is 18.9. The minimum Gasteiger partial charge on any atom is -0.236 e. The average molecular weight is 361 g/mol. The summed E-state index contributed by atoms with van der Waals surface area (Å²) in [6.07, 6.45) is 1.86. The highest BCUT2D eigenvalue weighted by molar-refractivity contribution is 5.81. The van der Waals surface area contributed by atoms with Gasteiger partial charge in [-0.15, -0.1) is 0 Å². The molecule has 5 rings (SSSR count). The predicted octanol–water partition coefficient (Wildman–Crippen LogP) is 6.04. The summed E-state index contributed by atoms with van der Waals surface area (Å²) >= 11 is 0. The maximum Gasteiger partial charge on any atom is 0.163 e. The monoisotopic (exact) mass is 361 g/mol. The maximum atomic E-state index is 4.80. The Hall–Kier alpha value is -3.72. The third-order valence-corrected chi connectivity index (χ3v) is 5.04. The van der Waals surface area contributed by atoms with E-state index in [-0.39, 0.29) is 0 Å². The molecule has 0 aliphatic rings. The number of hydrogen-bond donors (Lipinski definition) is 0. The second kappa shape index (κ2) is 6.78. The lowest BCUT2D eigenvalue weighted by Crippen LogP contribution is -1.96. The van der Waals surface area contributed by atoms with Crippen LogP contribution in [0.25, 0.3) is 39.2 Å². The molecule has 5 aromatic rings. The fourth-order valence-electron chi connectivity index (χ4n) is 3.68. The van der Waals surface area contributed by atoms with Crippen LogP contribution >= 0.6 is 0 Å². The van der Waals surface area contributed by atoms with Gasteiger partial charge in [0.05, 0.1) is 11.4 Å². The first-order valence-corrected chi connectivity index (χ1v) is 9.37. The Balaban J connectivity index is 1.62. The van der Waals surface area contributed by atoms with Crippen LogP contribution in [0, 0.1) is 6.92 Å². The molecule has 3 heteroatoms. The fourth-order valence-corrected chi connectivity index (χ4v) is 3.68. The smallest absolute Gasteiger partial charge is 0.163 e. The van der Waals surface area contributed by atoms with E-state index < -0.39 is 0 Å². The van der Waals surface area contributed by atoms with Crippen LogP contribution in [0.5, 0.6) is 0 Å². The number of aryl methyl sites for hydroxylation is 1. The van der Waals surface area contributed by atoms with E-state index in [0.717, 1.165) is 33.7 Å². The van der Waals surface area contributed by atoms with E-state index in [1.54, 1.807) is 0 Å². The van der Waals surface area contributed by atoms with Crippen LogP contribution in [-0.2, 0) is 0 Å². The van der Waals surface area contributed by atoms with Crippen molar-refractivity contribution in [1.82, 2.24) is 14.6 Å². The van der Waals surface area contributed by atoms with Gasteiger partial charge in [-0.1, -0.05) is 84.9 Å². The van der Waals surface area contributed by atoms with Crippen molar-refractivity contribution in [2.45, 2.75) is 6.92 Å². The lowest BCUT2D eigenvalue weighted by molar-refractivity contribution is 0.925. The van der Waals surface area contributed by atoms with Gasteiger partial charge in [0.1, 0.15) is 0 Å². The molecule has 2 heterocycles. The predicted molar refractivity (Wildman–Crippen MR) is 114 cm³/mol. The molecule has 0 N–H and O–H groups in total. The molecular formula is C25H19N3. The van der Waals surface area contributed by atoms with E-state index >= 15 is 0 Å². The van der Waals surface area contributed by atoms with Crippen molar-refractivity contribution >= 4 is 5.65 Å². The molecule has 0 aliphatic heterocycles. The molecule has 0 aliphatic carbocycles. The Morgan fingerprint density at radius 2 is 1.18 bits per heavy atom. The first kappa shape index (κ1) is 16.5. The number of benzene rings is 3. The van der Waals surface area contributed by atoms with Crippen LogP contribution in [-0.4, -0.2) is 14.6 Å². The van der Waals surface area contributed by atoms with Gasteiger partial charge in [0.25, 0.3) is 0 Å². The largest absolute Gasteiger partial charge is 0.236 e.